The van der Waals surface area contributed by atoms with Gasteiger partial charge in [-0.15, -0.1) is 0 Å². The molecule has 10 heteroatoms. The van der Waals surface area contributed by atoms with E-state index in [0.29, 0.717) is 31.7 Å². The summed E-state index contributed by atoms with van der Waals surface area (Å²) in [5, 5.41) is 18.0. The van der Waals surface area contributed by atoms with Gasteiger partial charge < -0.3 is 20.1 Å². The summed E-state index contributed by atoms with van der Waals surface area (Å²) >= 11 is 0. The van der Waals surface area contributed by atoms with Crippen molar-refractivity contribution in [2.75, 3.05) is 13.1 Å². The van der Waals surface area contributed by atoms with Gasteiger partial charge in [0.25, 0.3) is 11.5 Å². The molecule has 0 radical (unpaired) electrons. The van der Waals surface area contributed by atoms with E-state index in [0.717, 1.165) is 44.1 Å². The molecule has 2 aliphatic heterocycles. The highest BCUT2D eigenvalue weighted by molar-refractivity contribution is 5.96. The van der Waals surface area contributed by atoms with Crippen molar-refractivity contribution in [3.8, 4) is 5.88 Å². The van der Waals surface area contributed by atoms with E-state index < -0.39 is 17.3 Å². The third-order valence-electron chi connectivity index (χ3n) is 7.74. The SMILES string of the molecule is CC1(Cn2c(=O)c(C(=O)NC3CC3)c(O)n3ncc(CCC(=O)N4CC5CCC(C4)O5)c23)CC1. The molecule has 2 N–H and O–H groups in total. The van der Waals surface area contributed by atoms with Crippen LogP contribution in [-0.2, 0) is 22.5 Å². The molecule has 2 atom stereocenters. The van der Waals surface area contributed by atoms with Crippen LogP contribution in [-0.4, -0.2) is 67.3 Å². The maximum absolute atomic E-state index is 13.5. The lowest BCUT2D eigenvalue weighted by Gasteiger charge is -2.32. The van der Waals surface area contributed by atoms with Gasteiger partial charge in [0.15, 0.2) is 5.56 Å². The number of ether oxygens (including phenoxy) is 1. The highest BCUT2D eigenvalue weighted by Gasteiger charge is 2.40. The quantitative estimate of drug-likeness (QED) is 0.630. The van der Waals surface area contributed by atoms with E-state index in [1.807, 2.05) is 4.90 Å². The molecule has 2 unspecified atom stereocenters. The van der Waals surface area contributed by atoms with Crippen LogP contribution in [0.25, 0.3) is 5.65 Å². The molecular weight excluding hydrogens is 438 g/mol. The zero-order chi connectivity index (χ0) is 23.6. The molecule has 0 aromatic carbocycles. The van der Waals surface area contributed by atoms with Gasteiger partial charge in [-0.25, -0.2) is 0 Å². The predicted octanol–water partition coefficient (Wildman–Crippen LogP) is 1.22. The molecular formula is C24H31N5O5. The Morgan fingerprint density at radius 2 is 1.91 bits per heavy atom. The van der Waals surface area contributed by atoms with Crippen LogP contribution in [0.2, 0.25) is 0 Å². The number of aromatic hydroxyl groups is 1. The van der Waals surface area contributed by atoms with Crippen molar-refractivity contribution in [2.24, 2.45) is 5.41 Å². The summed E-state index contributed by atoms with van der Waals surface area (Å²) in [5.74, 6) is -0.944. The van der Waals surface area contributed by atoms with E-state index in [-0.39, 0.29) is 41.6 Å². The Balaban J connectivity index is 1.31. The fraction of sp³-hybridized carbons (Fsp3) is 0.667. The smallest absolute Gasteiger partial charge is 0.270 e. The first kappa shape index (κ1) is 21.6. The van der Waals surface area contributed by atoms with Gasteiger partial charge in [-0.05, 0) is 50.4 Å². The summed E-state index contributed by atoms with van der Waals surface area (Å²) in [6.45, 7) is 3.82. The van der Waals surface area contributed by atoms with Crippen LogP contribution in [0, 0.1) is 5.41 Å². The first-order valence-corrected chi connectivity index (χ1v) is 12.4. The van der Waals surface area contributed by atoms with Crippen LogP contribution in [0.15, 0.2) is 11.0 Å². The van der Waals surface area contributed by atoms with Crippen molar-refractivity contribution < 1.29 is 19.4 Å². The molecule has 4 heterocycles. The van der Waals surface area contributed by atoms with E-state index in [1.165, 1.54) is 4.52 Å². The number of hydrogen-bond acceptors (Lipinski definition) is 6. The number of aromatic nitrogens is 3. The number of carbonyl (C=O) groups is 2. The Labute approximate surface area is 196 Å². The van der Waals surface area contributed by atoms with Crippen molar-refractivity contribution in [1.82, 2.24) is 24.4 Å². The summed E-state index contributed by atoms with van der Waals surface area (Å²) in [4.78, 5) is 41.1. The number of hydrogen-bond donors (Lipinski definition) is 2. The van der Waals surface area contributed by atoms with E-state index in [9.17, 15) is 19.5 Å². The third-order valence-corrected chi connectivity index (χ3v) is 7.74. The van der Waals surface area contributed by atoms with Crippen molar-refractivity contribution >= 4 is 17.5 Å². The van der Waals surface area contributed by atoms with Crippen LogP contribution in [0.5, 0.6) is 5.88 Å². The number of aryl methyl sites for hydroxylation is 1. The van der Waals surface area contributed by atoms with Crippen LogP contribution >= 0.6 is 0 Å². The minimum atomic E-state index is -0.559. The molecule has 2 saturated heterocycles. The van der Waals surface area contributed by atoms with Crippen LogP contribution in [0.3, 0.4) is 0 Å². The fourth-order valence-electron chi connectivity index (χ4n) is 5.23. The van der Waals surface area contributed by atoms with Crippen molar-refractivity contribution in [3.05, 3.63) is 27.7 Å². The number of amides is 2. The predicted molar refractivity (Wildman–Crippen MR) is 122 cm³/mol. The maximum Gasteiger partial charge on any atom is 0.270 e. The van der Waals surface area contributed by atoms with Gasteiger partial charge in [0.1, 0.15) is 5.65 Å². The Kier molecular flexibility index (Phi) is 4.98. The minimum Gasteiger partial charge on any atom is -0.492 e. The van der Waals surface area contributed by atoms with E-state index in [2.05, 4.69) is 17.3 Å². The zero-order valence-corrected chi connectivity index (χ0v) is 19.5. The molecule has 2 aliphatic carbocycles. The topological polar surface area (TPSA) is 118 Å². The summed E-state index contributed by atoms with van der Waals surface area (Å²) < 4.78 is 8.69. The summed E-state index contributed by atoms with van der Waals surface area (Å²) in [6.07, 6.45) is 8.33. The highest BCUT2D eigenvalue weighted by atomic mass is 16.5. The second-order valence-electron chi connectivity index (χ2n) is 10.8. The number of likely N-dealkylation sites (tertiary alicyclic amines) is 1. The average Bonchev–Trinajstić information content (AvgIpc) is 3.69. The lowest BCUT2D eigenvalue weighted by molar-refractivity contribution is -0.139. The minimum absolute atomic E-state index is 0.0179. The molecule has 34 heavy (non-hydrogen) atoms. The van der Waals surface area contributed by atoms with Crippen LogP contribution in [0.1, 0.15) is 67.8 Å². The molecule has 10 nitrogen and oxygen atoms in total. The number of nitrogens with one attached hydrogen (secondary N) is 1. The van der Waals surface area contributed by atoms with Crippen LogP contribution < -0.4 is 10.9 Å². The first-order valence-electron chi connectivity index (χ1n) is 12.4. The second kappa shape index (κ2) is 7.83. The number of carbonyl (C=O) groups excluding carboxylic acids is 2. The molecule has 0 spiro atoms. The molecule has 4 fully saturated rings. The van der Waals surface area contributed by atoms with Gasteiger partial charge in [-0.1, -0.05) is 6.92 Å². The van der Waals surface area contributed by atoms with Crippen molar-refractivity contribution in [1.29, 1.82) is 0 Å². The second-order valence-corrected chi connectivity index (χ2v) is 10.8. The number of nitrogens with zero attached hydrogens (tertiary/aromatic N) is 4. The maximum atomic E-state index is 13.5. The van der Waals surface area contributed by atoms with E-state index >= 15 is 0 Å². The zero-order valence-electron chi connectivity index (χ0n) is 19.5. The molecule has 2 aromatic rings. The monoisotopic (exact) mass is 469 g/mol. The molecule has 4 aliphatic rings. The molecule has 6 rings (SSSR count). The van der Waals surface area contributed by atoms with E-state index in [1.54, 1.807) is 10.8 Å². The molecule has 2 bridgehead atoms. The van der Waals surface area contributed by atoms with Crippen molar-refractivity contribution in [3.63, 3.8) is 0 Å². The number of rotatable bonds is 7. The molecule has 182 valence electrons. The normalized spacial score (nSPS) is 25.0. The molecule has 2 amide bonds. The van der Waals surface area contributed by atoms with Gasteiger partial charge in [0, 0.05) is 37.7 Å². The fourth-order valence-corrected chi connectivity index (χ4v) is 5.23. The number of morpholine rings is 1. The third kappa shape index (κ3) is 3.87. The molecule has 2 aromatic heterocycles. The number of fused-ring (bicyclic) bond motifs is 3. The van der Waals surface area contributed by atoms with Gasteiger partial charge >= 0.3 is 0 Å². The molecule has 2 saturated carbocycles. The highest BCUT2D eigenvalue weighted by Crippen LogP contribution is 2.46. The Bertz CT molecular complexity index is 1210. The van der Waals surface area contributed by atoms with Gasteiger partial charge in [-0.3, -0.25) is 19.0 Å². The van der Waals surface area contributed by atoms with Gasteiger partial charge in [-0.2, -0.15) is 9.61 Å². The summed E-state index contributed by atoms with van der Waals surface area (Å²) in [5.41, 5.74) is 0.395. The summed E-state index contributed by atoms with van der Waals surface area (Å²) in [7, 11) is 0. The van der Waals surface area contributed by atoms with E-state index in [4.69, 9.17) is 4.74 Å². The Morgan fingerprint density at radius 1 is 1.21 bits per heavy atom. The Hall–Kier alpha value is -2.88. The van der Waals surface area contributed by atoms with Crippen molar-refractivity contribution in [2.45, 2.75) is 83.1 Å². The Morgan fingerprint density at radius 3 is 2.56 bits per heavy atom. The first-order chi connectivity index (χ1) is 16.3. The summed E-state index contributed by atoms with van der Waals surface area (Å²) in [6, 6.07) is 0.0611. The van der Waals surface area contributed by atoms with Gasteiger partial charge in [0.2, 0.25) is 11.8 Å². The average molecular weight is 470 g/mol. The lowest BCUT2D eigenvalue weighted by Crippen LogP contribution is -2.45. The van der Waals surface area contributed by atoms with Crippen LogP contribution in [0.4, 0.5) is 0 Å². The largest absolute Gasteiger partial charge is 0.492 e. The van der Waals surface area contributed by atoms with Gasteiger partial charge in [0.05, 0.1) is 18.4 Å². The lowest BCUT2D eigenvalue weighted by atomic mass is 10.1. The standard InChI is InChI=1S/C24H31N5O5/c1-24(8-9-24)13-28-21-14(2-7-18(30)27-11-16-5-6-17(12-27)34-16)10-25-29(21)23(33)19(22(28)32)20(31)26-15-3-4-15/h10,15-17,33H,2-9,11-13H2,1H3,(H,26,31).